The van der Waals surface area contributed by atoms with Crippen molar-refractivity contribution in [1.82, 2.24) is 14.9 Å². The van der Waals surface area contributed by atoms with Crippen LogP contribution >= 0.6 is 11.6 Å². The van der Waals surface area contributed by atoms with Gasteiger partial charge in [0.25, 0.3) is 0 Å². The van der Waals surface area contributed by atoms with E-state index in [2.05, 4.69) is 32.0 Å². The summed E-state index contributed by atoms with van der Waals surface area (Å²) in [6.45, 7) is 7.19. The maximum atomic E-state index is 12.8. The van der Waals surface area contributed by atoms with Gasteiger partial charge in [0.2, 0.25) is 5.91 Å². The number of fused-ring (bicyclic) bond motifs is 1. The molecule has 0 atom stereocenters. The van der Waals surface area contributed by atoms with Gasteiger partial charge in [-0.2, -0.15) is 5.26 Å². The van der Waals surface area contributed by atoms with Crippen molar-refractivity contribution in [2.75, 3.05) is 43.2 Å². The summed E-state index contributed by atoms with van der Waals surface area (Å²) in [4.78, 5) is 23.7. The fourth-order valence-corrected chi connectivity index (χ4v) is 4.78. The zero-order valence-electron chi connectivity index (χ0n) is 24.6. The Morgan fingerprint density at radius 3 is 2.60 bits per heavy atom. The number of nitrogens with one attached hydrogen (secondary N) is 3. The summed E-state index contributed by atoms with van der Waals surface area (Å²) < 4.78 is 5.83. The highest BCUT2D eigenvalue weighted by atomic mass is 35.5. The van der Waals surface area contributed by atoms with Crippen LogP contribution in [-0.2, 0) is 10.3 Å². The Balaban J connectivity index is 1.65. The van der Waals surface area contributed by atoms with Crippen LogP contribution in [-0.4, -0.2) is 48.0 Å². The van der Waals surface area contributed by atoms with Gasteiger partial charge in [0.05, 0.1) is 51.0 Å². The molecule has 4 rings (SSSR count). The number of hydrogen-bond donors (Lipinski definition) is 3. The van der Waals surface area contributed by atoms with Crippen molar-refractivity contribution in [2.24, 2.45) is 0 Å². The van der Waals surface area contributed by atoms with Crippen LogP contribution in [0.5, 0.6) is 5.75 Å². The van der Waals surface area contributed by atoms with Crippen molar-refractivity contribution in [1.29, 1.82) is 5.26 Å². The van der Waals surface area contributed by atoms with Crippen molar-refractivity contribution in [3.8, 4) is 11.8 Å². The Labute approximate surface area is 251 Å². The van der Waals surface area contributed by atoms with Gasteiger partial charge in [-0.05, 0) is 84.2 Å². The summed E-state index contributed by atoms with van der Waals surface area (Å²) in [5.74, 6) is 0.405. The molecule has 2 aromatic carbocycles. The van der Waals surface area contributed by atoms with Crippen LogP contribution in [0.15, 0.2) is 60.9 Å². The molecule has 9 nitrogen and oxygen atoms in total. The molecule has 10 heteroatoms. The number of pyridine rings is 2. The summed E-state index contributed by atoms with van der Waals surface area (Å²) in [5.41, 5.74) is 3.91. The summed E-state index contributed by atoms with van der Waals surface area (Å²) in [6, 6.07) is 17.2. The van der Waals surface area contributed by atoms with Gasteiger partial charge in [-0.1, -0.05) is 17.7 Å². The number of anilines is 4. The highest BCUT2D eigenvalue weighted by Gasteiger charge is 2.23. The molecule has 3 N–H and O–H groups in total. The Kier molecular flexibility index (Phi) is 9.84. The maximum Gasteiger partial charge on any atom is 0.224 e. The van der Waals surface area contributed by atoms with Crippen LogP contribution in [0.3, 0.4) is 0 Å². The molecule has 0 bridgehead atoms. The lowest BCUT2D eigenvalue weighted by atomic mass is 9.99. The van der Waals surface area contributed by atoms with E-state index >= 15 is 0 Å². The first-order valence-electron chi connectivity index (χ1n) is 13.8. The molecule has 0 aliphatic carbocycles. The number of benzene rings is 2. The zero-order valence-corrected chi connectivity index (χ0v) is 25.3. The van der Waals surface area contributed by atoms with Crippen LogP contribution in [0.4, 0.5) is 22.7 Å². The minimum atomic E-state index is -0.458. The zero-order chi connectivity index (χ0) is 30.3. The number of nitrogens with zero attached hydrogens (tertiary/aromatic N) is 4. The minimum absolute atomic E-state index is 0.112. The summed E-state index contributed by atoms with van der Waals surface area (Å²) in [7, 11) is 3.95. The van der Waals surface area contributed by atoms with Gasteiger partial charge in [0.15, 0.2) is 0 Å². The lowest BCUT2D eigenvalue weighted by molar-refractivity contribution is -0.116. The number of amides is 1. The van der Waals surface area contributed by atoms with Crippen LogP contribution < -0.4 is 20.7 Å². The smallest absolute Gasteiger partial charge is 0.224 e. The van der Waals surface area contributed by atoms with E-state index in [9.17, 15) is 10.1 Å². The highest BCUT2D eigenvalue weighted by molar-refractivity contribution is 6.33. The van der Waals surface area contributed by atoms with E-state index < -0.39 is 5.54 Å². The molecule has 0 fully saturated rings. The van der Waals surface area contributed by atoms with Crippen molar-refractivity contribution in [3.05, 3.63) is 77.2 Å². The van der Waals surface area contributed by atoms with Crippen LogP contribution in [0.2, 0.25) is 5.02 Å². The molecule has 1 amide bonds. The van der Waals surface area contributed by atoms with E-state index in [0.29, 0.717) is 57.3 Å². The molecule has 0 spiro atoms. The molecular formula is C32H36ClN7O2. The van der Waals surface area contributed by atoms with Gasteiger partial charge in [-0.25, -0.2) is 0 Å². The number of ether oxygens (including phenoxy) is 1. The molecule has 0 radical (unpaired) electrons. The van der Waals surface area contributed by atoms with Gasteiger partial charge < -0.3 is 25.6 Å². The predicted octanol–water partition coefficient (Wildman–Crippen LogP) is 6.92. The monoisotopic (exact) mass is 585 g/mol. The Morgan fingerprint density at radius 1 is 1.12 bits per heavy atom. The molecule has 0 saturated carbocycles. The molecule has 2 heterocycles. The lowest BCUT2D eigenvalue weighted by Gasteiger charge is -2.27. The first kappa shape index (κ1) is 30.6. The third-order valence-electron chi connectivity index (χ3n) is 6.66. The summed E-state index contributed by atoms with van der Waals surface area (Å²) in [6.07, 6.45) is 4.39. The number of carbonyl (C=O) groups excluding carboxylic acids is 1. The summed E-state index contributed by atoms with van der Waals surface area (Å²) in [5, 5.41) is 20.9. The molecule has 0 aliphatic rings. The largest absolute Gasteiger partial charge is 0.492 e. The van der Waals surface area contributed by atoms with E-state index in [4.69, 9.17) is 16.3 Å². The van der Waals surface area contributed by atoms with Gasteiger partial charge >= 0.3 is 0 Å². The Bertz CT molecular complexity index is 1600. The first-order chi connectivity index (χ1) is 20.1. The van der Waals surface area contributed by atoms with Crippen molar-refractivity contribution < 1.29 is 9.53 Å². The number of nitriles is 1. The van der Waals surface area contributed by atoms with Crippen LogP contribution in [0.1, 0.15) is 44.9 Å². The van der Waals surface area contributed by atoms with Crippen LogP contribution in [0.25, 0.3) is 10.9 Å². The second-order valence-electron chi connectivity index (χ2n) is 10.7. The van der Waals surface area contributed by atoms with Gasteiger partial charge in [0.1, 0.15) is 11.8 Å². The molecule has 0 unspecified atom stereocenters. The third-order valence-corrected chi connectivity index (χ3v) is 6.98. The average molecular weight is 586 g/mol. The third kappa shape index (κ3) is 7.46. The minimum Gasteiger partial charge on any atom is -0.492 e. The molecule has 42 heavy (non-hydrogen) atoms. The van der Waals surface area contributed by atoms with Crippen molar-refractivity contribution in [2.45, 2.75) is 39.2 Å². The van der Waals surface area contributed by atoms with E-state index in [1.165, 1.54) is 6.20 Å². The fourth-order valence-electron chi connectivity index (χ4n) is 4.55. The molecular weight excluding hydrogens is 550 g/mol. The molecule has 218 valence electrons. The molecule has 4 aromatic rings. The second kappa shape index (κ2) is 13.5. The molecule has 0 saturated heterocycles. The average Bonchev–Trinajstić information content (AvgIpc) is 2.95. The SMILES string of the molecule is CCOc1cc2ncc(C#N)c(Nc3ccc(NC(C)(C)c4ccccn4)c(Cl)c3)c2cc1NC(=O)CCCN(C)C. The van der Waals surface area contributed by atoms with E-state index in [1.807, 2.05) is 70.1 Å². The van der Waals surface area contributed by atoms with E-state index in [1.54, 1.807) is 24.4 Å². The first-order valence-corrected chi connectivity index (χ1v) is 14.2. The predicted molar refractivity (Wildman–Crippen MR) is 170 cm³/mol. The van der Waals surface area contributed by atoms with E-state index in [-0.39, 0.29) is 5.91 Å². The maximum absolute atomic E-state index is 12.8. The molecule has 0 aliphatic heterocycles. The van der Waals surface area contributed by atoms with Gasteiger partial charge in [-0.3, -0.25) is 14.8 Å². The summed E-state index contributed by atoms with van der Waals surface area (Å²) >= 11 is 6.71. The van der Waals surface area contributed by atoms with E-state index in [0.717, 1.165) is 24.3 Å². The number of carbonyl (C=O) groups is 1. The lowest BCUT2D eigenvalue weighted by Crippen LogP contribution is -2.29. The number of halogens is 1. The van der Waals surface area contributed by atoms with Crippen LogP contribution in [0, 0.1) is 11.3 Å². The second-order valence-corrected chi connectivity index (χ2v) is 11.1. The normalized spacial score (nSPS) is 11.3. The number of rotatable bonds is 12. The van der Waals surface area contributed by atoms with Crippen molar-refractivity contribution in [3.63, 3.8) is 0 Å². The Hall–Kier alpha value is -4.39. The Morgan fingerprint density at radius 2 is 1.93 bits per heavy atom. The fraction of sp³-hybridized carbons (Fsp3) is 0.312. The van der Waals surface area contributed by atoms with Gasteiger partial charge in [-0.15, -0.1) is 0 Å². The number of hydrogen-bond acceptors (Lipinski definition) is 8. The van der Waals surface area contributed by atoms with Crippen molar-refractivity contribution >= 4 is 51.2 Å². The quantitative estimate of drug-likeness (QED) is 0.164. The highest BCUT2D eigenvalue weighted by Crippen LogP contribution is 2.38. The molecule has 2 aromatic heterocycles. The van der Waals surface area contributed by atoms with Gasteiger partial charge in [0, 0.05) is 36.0 Å². The topological polar surface area (TPSA) is 115 Å². The standard InChI is InChI=1S/C32H36ClN7O2/c1-6-42-28-18-26-23(17-27(28)38-30(41)11-9-15-40(4)5)31(21(19-34)20-36-26)37-22-12-13-25(24(33)16-22)39-32(2,3)29-10-7-8-14-35-29/h7-8,10,12-14,16-18,20,39H,6,9,11,15H2,1-5H3,(H,36,37)(H,38,41). The number of aromatic nitrogens is 2.